The Hall–Kier alpha value is -1.58. The van der Waals surface area contributed by atoms with Crippen molar-refractivity contribution in [3.05, 3.63) is 23.7 Å². The molecule has 5 atom stereocenters. The molecule has 5 rings (SSSR count). The van der Waals surface area contributed by atoms with Crippen molar-refractivity contribution in [3.8, 4) is 0 Å². The van der Waals surface area contributed by atoms with Crippen LogP contribution >= 0.6 is 0 Å². The fourth-order valence-corrected chi connectivity index (χ4v) is 9.33. The van der Waals surface area contributed by atoms with Gasteiger partial charge in [0.25, 0.3) is 0 Å². The smallest absolute Gasteiger partial charge is 0.133 e. The summed E-state index contributed by atoms with van der Waals surface area (Å²) >= 11 is 0. The Bertz CT molecular complexity index is 1040. The molecule has 0 N–H and O–H groups in total. The van der Waals surface area contributed by atoms with E-state index >= 15 is 0 Å². The van der Waals surface area contributed by atoms with Crippen molar-refractivity contribution in [2.75, 3.05) is 0 Å². The first-order chi connectivity index (χ1) is 26.9. The van der Waals surface area contributed by atoms with Crippen molar-refractivity contribution in [2.45, 2.75) is 271 Å². The zero-order chi connectivity index (χ0) is 39.2. The Kier molecular flexibility index (Phi) is 27.3. The van der Waals surface area contributed by atoms with Crippen LogP contribution in [0.5, 0.6) is 0 Å². The molecule has 318 valence electrons. The van der Waals surface area contributed by atoms with E-state index in [9.17, 15) is 9.59 Å². The number of ketones is 2. The molecule has 2 saturated heterocycles. The molecule has 0 aromatic heterocycles. The van der Waals surface area contributed by atoms with Gasteiger partial charge in [-0.1, -0.05) is 136 Å². The van der Waals surface area contributed by atoms with Crippen LogP contribution < -0.4 is 0 Å². The SMILES string of the molecule is CC1C=C2CCCCCCCCCCC(CC1)O2.CC1CC=C2CCCCCCCCCCC(C1)O2.CC1CCC(=O)CCCCCCCCCCC(=O)C1. The molecule has 4 bridgehead atoms. The van der Waals surface area contributed by atoms with Gasteiger partial charge in [-0.05, 0) is 113 Å². The van der Waals surface area contributed by atoms with Crippen molar-refractivity contribution < 1.29 is 19.1 Å². The molecule has 4 nitrogen and oxygen atoms in total. The maximum Gasteiger partial charge on any atom is 0.133 e. The quantitative estimate of drug-likeness (QED) is 0.246. The Morgan fingerprint density at radius 2 is 0.873 bits per heavy atom. The Morgan fingerprint density at radius 1 is 0.418 bits per heavy atom. The molecule has 0 aromatic rings. The molecule has 1 aliphatic carbocycles. The van der Waals surface area contributed by atoms with Crippen LogP contribution in [0.15, 0.2) is 23.7 Å². The zero-order valence-electron chi connectivity index (χ0n) is 36.8. The predicted molar refractivity (Wildman–Crippen MR) is 234 cm³/mol. The van der Waals surface area contributed by atoms with Gasteiger partial charge in [0.15, 0.2) is 0 Å². The number of hydrogen-bond donors (Lipinski definition) is 0. The molecule has 0 amide bonds. The van der Waals surface area contributed by atoms with Crippen LogP contribution in [0, 0.1) is 17.8 Å². The van der Waals surface area contributed by atoms with Crippen molar-refractivity contribution in [1.82, 2.24) is 0 Å². The fourth-order valence-electron chi connectivity index (χ4n) is 9.33. The summed E-state index contributed by atoms with van der Waals surface area (Å²) in [5.74, 6) is 5.31. The number of rotatable bonds is 0. The normalized spacial score (nSPS) is 30.0. The van der Waals surface area contributed by atoms with Gasteiger partial charge >= 0.3 is 0 Å². The third kappa shape index (κ3) is 25.4. The summed E-state index contributed by atoms with van der Waals surface area (Å²) in [6.07, 6.45) is 51.7. The Balaban J connectivity index is 0.000000222. The molecule has 3 fully saturated rings. The van der Waals surface area contributed by atoms with Gasteiger partial charge in [-0.2, -0.15) is 0 Å². The van der Waals surface area contributed by atoms with E-state index in [4.69, 9.17) is 9.47 Å². The highest BCUT2D eigenvalue weighted by atomic mass is 16.5. The lowest BCUT2D eigenvalue weighted by atomic mass is 9.94. The van der Waals surface area contributed by atoms with Crippen molar-refractivity contribution in [2.24, 2.45) is 17.8 Å². The molecule has 5 aliphatic rings. The van der Waals surface area contributed by atoms with Gasteiger partial charge in [0.2, 0.25) is 0 Å². The monoisotopic (exact) mass is 767 g/mol. The van der Waals surface area contributed by atoms with Gasteiger partial charge in [0, 0.05) is 38.5 Å². The molecule has 0 aromatic carbocycles. The van der Waals surface area contributed by atoms with E-state index in [0.29, 0.717) is 42.5 Å². The maximum atomic E-state index is 11.8. The van der Waals surface area contributed by atoms with E-state index < -0.39 is 0 Å². The highest BCUT2D eigenvalue weighted by Gasteiger charge is 2.20. The van der Waals surface area contributed by atoms with Crippen LogP contribution in [0.25, 0.3) is 0 Å². The second kappa shape index (κ2) is 31.4. The van der Waals surface area contributed by atoms with Crippen molar-refractivity contribution in [1.29, 1.82) is 0 Å². The lowest BCUT2D eigenvalue weighted by molar-refractivity contribution is -0.121. The van der Waals surface area contributed by atoms with Gasteiger partial charge in [0.1, 0.15) is 11.6 Å². The first-order valence-corrected chi connectivity index (χ1v) is 24.6. The minimum atomic E-state index is 0.379. The number of allylic oxidation sites excluding steroid dienone is 4. The summed E-state index contributed by atoms with van der Waals surface area (Å²) < 4.78 is 12.5. The number of Topliss-reactive ketones (excluding diaryl/α,β-unsaturated/α-hetero) is 2. The maximum absolute atomic E-state index is 11.8. The molecule has 4 heterocycles. The van der Waals surface area contributed by atoms with E-state index in [1.165, 1.54) is 204 Å². The third-order valence-electron chi connectivity index (χ3n) is 13.0. The summed E-state index contributed by atoms with van der Waals surface area (Å²) in [6.45, 7) is 6.82. The van der Waals surface area contributed by atoms with Gasteiger partial charge in [-0.3, -0.25) is 9.59 Å². The second-order valence-electron chi connectivity index (χ2n) is 18.9. The van der Waals surface area contributed by atoms with Crippen LogP contribution in [0.2, 0.25) is 0 Å². The van der Waals surface area contributed by atoms with Crippen molar-refractivity contribution >= 4 is 11.6 Å². The average molecular weight is 767 g/mol. The van der Waals surface area contributed by atoms with Crippen LogP contribution in [0.3, 0.4) is 0 Å². The highest BCUT2D eigenvalue weighted by molar-refractivity contribution is 5.79. The fraction of sp³-hybridized carbons (Fsp3) is 0.882. The van der Waals surface area contributed by atoms with Crippen LogP contribution in [-0.2, 0) is 19.1 Å². The minimum absolute atomic E-state index is 0.379. The molecule has 1 saturated carbocycles. The van der Waals surface area contributed by atoms with E-state index in [0.717, 1.165) is 43.9 Å². The van der Waals surface area contributed by atoms with E-state index in [1.54, 1.807) is 0 Å². The molecular weight excluding hydrogens is 677 g/mol. The summed E-state index contributed by atoms with van der Waals surface area (Å²) in [7, 11) is 0. The lowest BCUT2D eigenvalue weighted by Gasteiger charge is -2.20. The Labute approximate surface area is 341 Å². The number of fused-ring (bicyclic) bond motifs is 4. The number of carbonyl (C=O) groups excluding carboxylic acids is 2. The first-order valence-electron chi connectivity index (χ1n) is 24.6. The summed E-state index contributed by atoms with van der Waals surface area (Å²) in [4.78, 5) is 23.5. The van der Waals surface area contributed by atoms with Crippen molar-refractivity contribution in [3.63, 3.8) is 0 Å². The topological polar surface area (TPSA) is 52.6 Å². The average Bonchev–Trinajstić information content (AvgIpc) is 3.44. The largest absolute Gasteiger partial charge is 0.495 e. The molecule has 4 aliphatic heterocycles. The Morgan fingerprint density at radius 3 is 1.45 bits per heavy atom. The van der Waals surface area contributed by atoms with Gasteiger partial charge in [-0.15, -0.1) is 0 Å². The molecule has 5 unspecified atom stereocenters. The zero-order valence-corrected chi connectivity index (χ0v) is 36.8. The highest BCUT2D eigenvalue weighted by Crippen LogP contribution is 2.30. The molecule has 55 heavy (non-hydrogen) atoms. The van der Waals surface area contributed by atoms with E-state index in [1.807, 2.05) is 0 Å². The molecule has 0 radical (unpaired) electrons. The number of hydrogen-bond acceptors (Lipinski definition) is 4. The summed E-state index contributed by atoms with van der Waals surface area (Å²) in [5, 5.41) is 0. The first kappa shape index (κ1) is 47.8. The number of carbonyl (C=O) groups is 2. The van der Waals surface area contributed by atoms with Crippen LogP contribution in [0.4, 0.5) is 0 Å². The number of ether oxygens (including phenoxy) is 2. The molecule has 0 spiro atoms. The second-order valence-corrected chi connectivity index (χ2v) is 18.9. The van der Waals surface area contributed by atoms with E-state index in [-0.39, 0.29) is 0 Å². The van der Waals surface area contributed by atoms with E-state index in [2.05, 4.69) is 32.9 Å². The molecule has 4 heteroatoms. The van der Waals surface area contributed by atoms with Crippen LogP contribution in [-0.4, -0.2) is 23.8 Å². The lowest BCUT2D eigenvalue weighted by Crippen LogP contribution is -2.14. The minimum Gasteiger partial charge on any atom is -0.495 e. The summed E-state index contributed by atoms with van der Waals surface area (Å²) in [5.41, 5.74) is 0. The van der Waals surface area contributed by atoms with Crippen LogP contribution in [0.1, 0.15) is 258 Å². The van der Waals surface area contributed by atoms with Gasteiger partial charge in [-0.25, -0.2) is 0 Å². The van der Waals surface area contributed by atoms with Gasteiger partial charge in [0.05, 0.1) is 23.7 Å². The molecular formula is C51H90O4. The predicted octanol–water partition coefficient (Wildman–Crippen LogP) is 16.0. The standard InChI is InChI=1S/C17H30O2.2C17H30O/c1-15-12-13-16(18)10-8-6-4-2-3-5-7-9-11-17(19)14-15;2*1-15-12-13-16-10-8-6-4-2-3-5-7-9-11-17(14-15)18-16/h15H,2-14H2,1H3;14-16H,2-13H2,1H3;13,15,17H,2-12,14H2,1H3. The third-order valence-corrected chi connectivity index (χ3v) is 13.0. The van der Waals surface area contributed by atoms with Gasteiger partial charge < -0.3 is 9.47 Å². The summed E-state index contributed by atoms with van der Waals surface area (Å²) in [6, 6.07) is 0.